The van der Waals surface area contributed by atoms with Crippen molar-refractivity contribution in [2.45, 2.75) is 69.2 Å². The minimum absolute atomic E-state index is 0.0340. The highest BCUT2D eigenvalue weighted by Gasteiger charge is 2.28. The summed E-state index contributed by atoms with van der Waals surface area (Å²) >= 11 is 0. The second kappa shape index (κ2) is 14.1. The molecule has 1 aromatic heterocycles. The Bertz CT molecular complexity index is 1620. The van der Waals surface area contributed by atoms with Gasteiger partial charge in [0.15, 0.2) is 0 Å². The summed E-state index contributed by atoms with van der Waals surface area (Å²) in [5, 5.41) is 29.8. The normalized spacial score (nSPS) is 13.3. The summed E-state index contributed by atoms with van der Waals surface area (Å²) in [6.07, 6.45) is -2.20. The van der Waals surface area contributed by atoms with Crippen LogP contribution in [0.5, 0.6) is 0 Å². The highest BCUT2D eigenvalue weighted by atomic mass is 32.2. The number of nitrogens with one attached hydrogen (secondary N) is 1. The van der Waals surface area contributed by atoms with Gasteiger partial charge >= 0.3 is 5.97 Å². The average Bonchev–Trinajstić information content (AvgIpc) is 3.30. The summed E-state index contributed by atoms with van der Waals surface area (Å²) in [7, 11) is -3.85. The molecular formula is C33H37FN2O6S. The molecule has 1 heterocycles. The largest absolute Gasteiger partial charge is 0.481 e. The van der Waals surface area contributed by atoms with Gasteiger partial charge in [-0.25, -0.2) is 17.5 Å². The van der Waals surface area contributed by atoms with Crippen LogP contribution in [0, 0.1) is 5.82 Å². The zero-order valence-electron chi connectivity index (χ0n) is 24.2. The molecule has 4 rings (SSSR count). The maximum Gasteiger partial charge on any atom is 0.305 e. The fraction of sp³-hybridized carbons (Fsp3) is 0.303. The lowest BCUT2D eigenvalue weighted by Gasteiger charge is -2.20. The Labute approximate surface area is 251 Å². The second-order valence-corrected chi connectivity index (χ2v) is 12.6. The third-order valence-electron chi connectivity index (χ3n) is 7.27. The Hall–Kier alpha value is -3.83. The van der Waals surface area contributed by atoms with E-state index >= 15 is 0 Å². The van der Waals surface area contributed by atoms with E-state index in [2.05, 4.69) is 9.29 Å². The maximum absolute atomic E-state index is 14.0. The Morgan fingerprint density at radius 2 is 1.40 bits per heavy atom. The predicted molar refractivity (Wildman–Crippen MR) is 163 cm³/mol. The molecule has 0 saturated heterocycles. The minimum atomic E-state index is -3.85. The standard InChI is InChI=1S/C33H37FN2O6S/c1-22(2)36-29(18-17-26(37)19-27(38)20-31(39)40)32(24-13-15-25(34)16-14-24)33(23-9-5-3-6-10-23)30(36)21-35-43(41,42)28-11-7-4-8-12-28/h3-16,22,26-27,35,37-38H,17-21H2,1-2H3,(H,39,40)/t26-,27-/m1/s1. The van der Waals surface area contributed by atoms with Crippen molar-refractivity contribution in [3.05, 3.63) is 102 Å². The number of nitrogens with zero attached hydrogens (tertiary/aromatic N) is 1. The van der Waals surface area contributed by atoms with Crippen molar-refractivity contribution in [3.8, 4) is 22.3 Å². The fourth-order valence-electron chi connectivity index (χ4n) is 5.44. The first kappa shape index (κ1) is 32.1. The summed E-state index contributed by atoms with van der Waals surface area (Å²) in [6.45, 7) is 3.93. The predicted octanol–water partition coefficient (Wildman–Crippen LogP) is 5.54. The highest BCUT2D eigenvalue weighted by molar-refractivity contribution is 7.89. The van der Waals surface area contributed by atoms with Gasteiger partial charge in [0.2, 0.25) is 10.0 Å². The SMILES string of the molecule is CC(C)n1c(CC[C@@H](O)C[C@@H](O)CC(=O)O)c(-c2ccc(F)cc2)c(-c2ccccc2)c1CNS(=O)(=O)c1ccccc1. The van der Waals surface area contributed by atoms with E-state index in [0.717, 1.165) is 27.9 Å². The molecular weight excluding hydrogens is 571 g/mol. The number of aliphatic hydroxyl groups excluding tert-OH is 2. The quantitative estimate of drug-likeness (QED) is 0.149. The number of hydrogen-bond acceptors (Lipinski definition) is 5. The number of benzene rings is 3. The van der Waals surface area contributed by atoms with Gasteiger partial charge in [-0.3, -0.25) is 4.79 Å². The zero-order valence-corrected chi connectivity index (χ0v) is 25.0. The lowest BCUT2D eigenvalue weighted by molar-refractivity contribution is -0.139. The molecule has 0 radical (unpaired) electrons. The van der Waals surface area contributed by atoms with Crippen molar-refractivity contribution < 1.29 is 32.9 Å². The van der Waals surface area contributed by atoms with Gasteiger partial charge in [0.25, 0.3) is 0 Å². The van der Waals surface area contributed by atoms with Crippen molar-refractivity contribution in [1.29, 1.82) is 0 Å². The third kappa shape index (κ3) is 7.97. The van der Waals surface area contributed by atoms with Crippen LogP contribution in [0.4, 0.5) is 4.39 Å². The maximum atomic E-state index is 14.0. The molecule has 43 heavy (non-hydrogen) atoms. The van der Waals surface area contributed by atoms with Gasteiger partial charge in [-0.1, -0.05) is 60.7 Å². The Balaban J connectivity index is 1.86. The number of halogens is 1. The molecule has 4 aromatic rings. The average molecular weight is 609 g/mol. The molecule has 10 heteroatoms. The third-order valence-corrected chi connectivity index (χ3v) is 8.69. The molecule has 0 fully saturated rings. The molecule has 228 valence electrons. The van der Waals surface area contributed by atoms with Crippen molar-refractivity contribution in [2.24, 2.45) is 0 Å². The van der Waals surface area contributed by atoms with Crippen molar-refractivity contribution in [3.63, 3.8) is 0 Å². The van der Waals surface area contributed by atoms with E-state index < -0.39 is 40.4 Å². The molecule has 4 N–H and O–H groups in total. The van der Waals surface area contributed by atoms with Crippen LogP contribution in [-0.2, 0) is 27.8 Å². The first-order valence-corrected chi connectivity index (χ1v) is 15.7. The van der Waals surface area contributed by atoms with Gasteiger partial charge in [0.1, 0.15) is 5.82 Å². The van der Waals surface area contributed by atoms with Crippen molar-refractivity contribution in [2.75, 3.05) is 0 Å². The van der Waals surface area contributed by atoms with Gasteiger partial charge in [-0.2, -0.15) is 0 Å². The lowest BCUT2D eigenvalue weighted by Crippen LogP contribution is -2.26. The van der Waals surface area contributed by atoms with Gasteiger partial charge in [0.05, 0.1) is 30.1 Å². The minimum Gasteiger partial charge on any atom is -0.481 e. The number of carboxylic acids is 1. The summed E-state index contributed by atoms with van der Waals surface area (Å²) in [6, 6.07) is 23.6. The highest BCUT2D eigenvalue weighted by Crippen LogP contribution is 2.42. The van der Waals surface area contributed by atoms with E-state index in [0.29, 0.717) is 12.1 Å². The topological polar surface area (TPSA) is 129 Å². The molecule has 3 aromatic carbocycles. The van der Waals surface area contributed by atoms with Crippen LogP contribution in [0.2, 0.25) is 0 Å². The molecule has 0 spiro atoms. The van der Waals surface area contributed by atoms with Gasteiger partial charge in [0, 0.05) is 28.6 Å². The molecule has 0 aliphatic carbocycles. The molecule has 0 bridgehead atoms. The number of aliphatic carboxylic acids is 1. The molecule has 0 saturated carbocycles. The zero-order chi connectivity index (χ0) is 31.1. The van der Waals surface area contributed by atoms with E-state index in [1.54, 1.807) is 30.3 Å². The van der Waals surface area contributed by atoms with Crippen LogP contribution >= 0.6 is 0 Å². The first-order valence-electron chi connectivity index (χ1n) is 14.2. The van der Waals surface area contributed by atoms with E-state index in [4.69, 9.17) is 5.11 Å². The van der Waals surface area contributed by atoms with Crippen LogP contribution in [0.15, 0.2) is 89.8 Å². The van der Waals surface area contributed by atoms with Crippen molar-refractivity contribution >= 4 is 16.0 Å². The molecule has 0 aliphatic rings. The Kier molecular flexibility index (Phi) is 10.5. The summed E-state index contributed by atoms with van der Waals surface area (Å²) in [4.78, 5) is 11.1. The van der Waals surface area contributed by atoms with Gasteiger partial charge in [-0.05, 0) is 68.5 Å². The number of rotatable bonds is 14. The summed E-state index contributed by atoms with van der Waals surface area (Å²) in [5.41, 5.74) is 4.65. The van der Waals surface area contributed by atoms with Crippen LogP contribution < -0.4 is 4.72 Å². The van der Waals surface area contributed by atoms with Gasteiger partial charge < -0.3 is 19.9 Å². The van der Waals surface area contributed by atoms with E-state index in [-0.39, 0.29) is 30.3 Å². The smallest absolute Gasteiger partial charge is 0.305 e. The molecule has 8 nitrogen and oxygen atoms in total. The Morgan fingerprint density at radius 1 is 0.837 bits per heavy atom. The van der Waals surface area contributed by atoms with Gasteiger partial charge in [-0.15, -0.1) is 0 Å². The number of sulfonamides is 1. The number of hydrogen-bond donors (Lipinski definition) is 4. The molecule has 0 aliphatic heterocycles. The number of carbonyl (C=O) groups is 1. The van der Waals surface area contributed by atoms with Crippen molar-refractivity contribution in [1.82, 2.24) is 9.29 Å². The van der Waals surface area contributed by atoms with E-state index in [9.17, 15) is 27.8 Å². The van der Waals surface area contributed by atoms with Crippen LogP contribution in [-0.4, -0.2) is 46.5 Å². The molecule has 2 atom stereocenters. The summed E-state index contributed by atoms with van der Waals surface area (Å²) in [5.74, 6) is -1.55. The molecule has 0 amide bonds. The van der Waals surface area contributed by atoms with E-state index in [1.165, 1.54) is 24.3 Å². The number of aliphatic hydroxyl groups is 2. The van der Waals surface area contributed by atoms with E-state index in [1.807, 2.05) is 44.2 Å². The number of aromatic nitrogens is 1. The second-order valence-electron chi connectivity index (χ2n) is 10.8. The van der Waals surface area contributed by atoms with Crippen LogP contribution in [0.3, 0.4) is 0 Å². The number of carboxylic acid groups (broad SMARTS) is 1. The Morgan fingerprint density at radius 3 is 1.98 bits per heavy atom. The van der Waals surface area contributed by atoms with Crippen LogP contribution in [0.1, 0.15) is 50.5 Å². The fourth-order valence-corrected chi connectivity index (χ4v) is 6.45. The lowest BCUT2D eigenvalue weighted by atomic mass is 9.93. The molecule has 0 unspecified atom stereocenters. The van der Waals surface area contributed by atoms with Crippen LogP contribution in [0.25, 0.3) is 22.3 Å². The monoisotopic (exact) mass is 608 g/mol. The first-order chi connectivity index (χ1) is 20.5. The summed E-state index contributed by atoms with van der Waals surface area (Å²) < 4.78 is 45.4.